The summed E-state index contributed by atoms with van der Waals surface area (Å²) in [5.74, 6) is 0. The first-order valence-electron chi connectivity index (χ1n) is 19.0. The van der Waals surface area contributed by atoms with Crippen LogP contribution < -0.4 is 0 Å². The molecular formula is C50H40N4. The van der Waals surface area contributed by atoms with Crippen LogP contribution in [0.15, 0.2) is 146 Å². The Morgan fingerprint density at radius 2 is 0.778 bits per heavy atom. The van der Waals surface area contributed by atoms with Gasteiger partial charge in [0.15, 0.2) is 0 Å². The van der Waals surface area contributed by atoms with E-state index in [0.29, 0.717) is 0 Å². The minimum Gasteiger partial charge on any atom is -0.307 e. The SMILES string of the molecule is CCc1ccc2c(c1)c1cc(C)ccc1n2-c1ccc(-n2c3ccc(C)cc3c3cc(CC)ccc32)c2nc(-c3ccccc3)c(-c3ccccc3)nc12. The molecule has 0 bridgehead atoms. The number of nitrogens with zero attached hydrogens (tertiary/aromatic N) is 4. The molecule has 4 heteroatoms. The molecule has 10 rings (SSSR count). The second kappa shape index (κ2) is 12.6. The molecule has 54 heavy (non-hydrogen) atoms. The van der Waals surface area contributed by atoms with Gasteiger partial charge in [0, 0.05) is 32.7 Å². The Morgan fingerprint density at radius 3 is 1.17 bits per heavy atom. The third-order valence-corrected chi connectivity index (χ3v) is 11.1. The monoisotopic (exact) mass is 696 g/mol. The molecule has 0 unspecified atom stereocenters. The van der Waals surface area contributed by atoms with Crippen LogP contribution in [0.5, 0.6) is 0 Å². The minimum atomic E-state index is 0.859. The number of benzene rings is 7. The Labute approximate surface area is 315 Å². The summed E-state index contributed by atoms with van der Waals surface area (Å²) >= 11 is 0. The lowest BCUT2D eigenvalue weighted by Gasteiger charge is -2.18. The van der Waals surface area contributed by atoms with E-state index >= 15 is 0 Å². The molecule has 0 radical (unpaired) electrons. The summed E-state index contributed by atoms with van der Waals surface area (Å²) in [7, 11) is 0. The van der Waals surface area contributed by atoms with Crippen molar-refractivity contribution < 1.29 is 0 Å². The van der Waals surface area contributed by atoms with E-state index in [1.54, 1.807) is 0 Å². The summed E-state index contributed by atoms with van der Waals surface area (Å²) in [5, 5.41) is 5.01. The second-order valence-electron chi connectivity index (χ2n) is 14.6. The van der Waals surface area contributed by atoms with Gasteiger partial charge in [-0.05, 0) is 98.5 Å². The fraction of sp³-hybridized carbons (Fsp3) is 0.120. The number of hydrogen-bond acceptors (Lipinski definition) is 2. The summed E-state index contributed by atoms with van der Waals surface area (Å²) in [4.78, 5) is 11.4. The predicted octanol–water partition coefficient (Wildman–Crippen LogP) is 12.9. The smallest absolute Gasteiger partial charge is 0.116 e. The standard InChI is InChI=1S/C50H40N4/c1-5-33-19-23-43-39(29-33)37-27-31(3)17-21-41(37)53(43)45-25-26-46(54-42-22-18-32(4)28-38(42)40-30-34(6-2)20-24-44(40)54)50-49(45)51-47(35-13-9-7-10-14-35)48(52-50)36-15-11-8-12-16-36/h7-30H,5-6H2,1-4H3. The molecule has 3 aromatic heterocycles. The molecule has 0 N–H and O–H groups in total. The van der Waals surface area contributed by atoms with E-state index in [4.69, 9.17) is 9.97 Å². The van der Waals surface area contributed by atoms with Gasteiger partial charge < -0.3 is 9.13 Å². The van der Waals surface area contributed by atoms with Gasteiger partial charge >= 0.3 is 0 Å². The Balaban J connectivity index is 1.39. The third-order valence-electron chi connectivity index (χ3n) is 11.1. The molecule has 0 amide bonds. The van der Waals surface area contributed by atoms with E-state index in [9.17, 15) is 0 Å². The van der Waals surface area contributed by atoms with Crippen molar-refractivity contribution >= 4 is 54.6 Å². The molecule has 0 atom stereocenters. The van der Waals surface area contributed by atoms with Crippen LogP contribution in [0.4, 0.5) is 0 Å². The van der Waals surface area contributed by atoms with Gasteiger partial charge in [-0.1, -0.05) is 110 Å². The minimum absolute atomic E-state index is 0.859. The van der Waals surface area contributed by atoms with Crippen LogP contribution in [0.3, 0.4) is 0 Å². The van der Waals surface area contributed by atoms with Crippen molar-refractivity contribution in [3.05, 3.63) is 168 Å². The van der Waals surface area contributed by atoms with Gasteiger partial charge in [-0.2, -0.15) is 0 Å². The number of fused-ring (bicyclic) bond motifs is 7. The number of aromatic nitrogens is 4. The summed E-state index contributed by atoms with van der Waals surface area (Å²) < 4.78 is 4.81. The molecular weight excluding hydrogens is 657 g/mol. The molecule has 10 aromatic rings. The number of rotatable bonds is 6. The van der Waals surface area contributed by atoms with Crippen molar-refractivity contribution in [2.24, 2.45) is 0 Å². The topological polar surface area (TPSA) is 35.6 Å². The molecule has 4 nitrogen and oxygen atoms in total. The van der Waals surface area contributed by atoms with Crippen molar-refractivity contribution in [1.82, 2.24) is 19.1 Å². The van der Waals surface area contributed by atoms with Crippen molar-refractivity contribution in [2.75, 3.05) is 0 Å². The second-order valence-corrected chi connectivity index (χ2v) is 14.6. The molecule has 0 aliphatic heterocycles. The lowest BCUT2D eigenvalue weighted by atomic mass is 10.0. The van der Waals surface area contributed by atoms with E-state index in [1.807, 2.05) is 0 Å². The summed E-state index contributed by atoms with van der Waals surface area (Å²) in [5.41, 5.74) is 17.3. The maximum absolute atomic E-state index is 5.72. The molecule has 0 aliphatic rings. The van der Waals surface area contributed by atoms with Crippen LogP contribution in [-0.4, -0.2) is 19.1 Å². The van der Waals surface area contributed by atoms with Gasteiger partial charge in [-0.15, -0.1) is 0 Å². The number of aryl methyl sites for hydroxylation is 4. The van der Waals surface area contributed by atoms with Crippen molar-refractivity contribution in [2.45, 2.75) is 40.5 Å². The first kappa shape index (κ1) is 32.2. The molecule has 0 fully saturated rings. The van der Waals surface area contributed by atoms with E-state index in [0.717, 1.165) is 79.8 Å². The summed E-state index contributed by atoms with van der Waals surface area (Å²) in [6.45, 7) is 8.80. The quantitative estimate of drug-likeness (QED) is 0.173. The first-order chi connectivity index (χ1) is 26.5. The van der Waals surface area contributed by atoms with Gasteiger partial charge in [-0.3, -0.25) is 0 Å². The lowest BCUT2D eigenvalue weighted by Crippen LogP contribution is -2.05. The van der Waals surface area contributed by atoms with Crippen molar-refractivity contribution in [3.8, 4) is 33.9 Å². The van der Waals surface area contributed by atoms with E-state index in [2.05, 4.69) is 182 Å². The molecule has 0 saturated carbocycles. The van der Waals surface area contributed by atoms with Crippen LogP contribution in [-0.2, 0) is 12.8 Å². The van der Waals surface area contributed by atoms with E-state index in [-0.39, 0.29) is 0 Å². The average Bonchev–Trinajstić information content (AvgIpc) is 3.71. The molecule has 0 spiro atoms. The van der Waals surface area contributed by atoms with Gasteiger partial charge in [-0.25, -0.2) is 9.97 Å². The van der Waals surface area contributed by atoms with Crippen LogP contribution in [0, 0.1) is 13.8 Å². The van der Waals surface area contributed by atoms with Crippen LogP contribution in [0.2, 0.25) is 0 Å². The molecule has 260 valence electrons. The lowest BCUT2D eigenvalue weighted by molar-refractivity contribution is 1.13. The highest BCUT2D eigenvalue weighted by Gasteiger charge is 2.23. The molecule has 0 saturated heterocycles. The summed E-state index contributed by atoms with van der Waals surface area (Å²) in [6.07, 6.45) is 1.97. The highest BCUT2D eigenvalue weighted by atomic mass is 15.0. The Hall–Kier alpha value is -6.52. The van der Waals surface area contributed by atoms with Crippen LogP contribution in [0.1, 0.15) is 36.1 Å². The maximum atomic E-state index is 5.72. The highest BCUT2D eigenvalue weighted by molar-refractivity contribution is 6.13. The van der Waals surface area contributed by atoms with Gasteiger partial charge in [0.2, 0.25) is 0 Å². The van der Waals surface area contributed by atoms with Crippen LogP contribution >= 0.6 is 0 Å². The zero-order valence-electron chi connectivity index (χ0n) is 31.1. The van der Waals surface area contributed by atoms with Gasteiger partial charge in [0.25, 0.3) is 0 Å². The normalized spacial score (nSPS) is 11.9. The maximum Gasteiger partial charge on any atom is 0.116 e. The summed E-state index contributed by atoms with van der Waals surface area (Å²) in [6, 6.07) is 53.0. The Kier molecular flexibility index (Phi) is 7.48. The fourth-order valence-electron chi connectivity index (χ4n) is 8.39. The average molecular weight is 697 g/mol. The zero-order valence-corrected chi connectivity index (χ0v) is 31.1. The Bertz CT molecular complexity index is 2870. The van der Waals surface area contributed by atoms with Crippen molar-refractivity contribution in [3.63, 3.8) is 0 Å². The largest absolute Gasteiger partial charge is 0.307 e. The predicted molar refractivity (Wildman–Crippen MR) is 227 cm³/mol. The third kappa shape index (κ3) is 4.98. The highest BCUT2D eigenvalue weighted by Crippen LogP contribution is 2.41. The van der Waals surface area contributed by atoms with E-state index < -0.39 is 0 Å². The molecule has 7 aromatic carbocycles. The molecule has 3 heterocycles. The zero-order chi connectivity index (χ0) is 36.5. The van der Waals surface area contributed by atoms with Gasteiger partial charge in [0.1, 0.15) is 11.0 Å². The first-order valence-corrected chi connectivity index (χ1v) is 19.0. The van der Waals surface area contributed by atoms with Crippen LogP contribution in [0.25, 0.3) is 88.5 Å². The number of hydrogen-bond donors (Lipinski definition) is 0. The van der Waals surface area contributed by atoms with Crippen molar-refractivity contribution in [1.29, 1.82) is 0 Å². The van der Waals surface area contributed by atoms with E-state index in [1.165, 1.54) is 43.8 Å². The fourth-order valence-corrected chi connectivity index (χ4v) is 8.39. The Morgan fingerprint density at radius 1 is 0.407 bits per heavy atom. The van der Waals surface area contributed by atoms with Gasteiger partial charge in [0.05, 0.1) is 44.8 Å². The molecule has 0 aliphatic carbocycles.